The van der Waals surface area contributed by atoms with Gasteiger partial charge < -0.3 is 16.2 Å². The highest BCUT2D eigenvalue weighted by Gasteiger charge is 2.11. The average Bonchev–Trinajstić information content (AvgIpc) is 2.35. The summed E-state index contributed by atoms with van der Waals surface area (Å²) in [6, 6.07) is 7.34. The van der Waals surface area contributed by atoms with Crippen LogP contribution < -0.4 is 11.1 Å². The number of benzene rings is 1. The van der Waals surface area contributed by atoms with E-state index in [1.807, 2.05) is 12.1 Å². The highest BCUT2D eigenvalue weighted by atomic mass is 16.4. The molecule has 1 unspecified atom stereocenters. The van der Waals surface area contributed by atoms with Crippen molar-refractivity contribution in [2.24, 2.45) is 5.92 Å². The molecule has 1 amide bonds. The molecule has 0 saturated heterocycles. The third-order valence-corrected chi connectivity index (χ3v) is 2.65. The summed E-state index contributed by atoms with van der Waals surface area (Å²) in [6.07, 6.45) is 0.962. The molecule has 98 valence electrons. The lowest BCUT2D eigenvalue weighted by Crippen LogP contribution is -2.31. The number of nitrogens with one attached hydrogen (secondary N) is 1. The van der Waals surface area contributed by atoms with Crippen molar-refractivity contribution in [2.45, 2.75) is 19.8 Å². The Bertz CT molecular complexity index is 415. The Morgan fingerprint density at radius 1 is 1.33 bits per heavy atom. The Balaban J connectivity index is 2.29. The van der Waals surface area contributed by atoms with Gasteiger partial charge in [0.2, 0.25) is 5.91 Å². The fourth-order valence-electron chi connectivity index (χ4n) is 1.38. The first kappa shape index (κ1) is 14.0. The molecule has 0 bridgehead atoms. The van der Waals surface area contributed by atoms with E-state index in [1.165, 1.54) is 0 Å². The van der Waals surface area contributed by atoms with Crippen molar-refractivity contribution in [2.75, 3.05) is 12.3 Å². The summed E-state index contributed by atoms with van der Waals surface area (Å²) in [5.41, 5.74) is 7.28. The van der Waals surface area contributed by atoms with Gasteiger partial charge in [0.25, 0.3) is 0 Å². The molecule has 1 aromatic rings. The monoisotopic (exact) mass is 250 g/mol. The van der Waals surface area contributed by atoms with Crippen LogP contribution in [0, 0.1) is 5.92 Å². The van der Waals surface area contributed by atoms with Gasteiger partial charge in [-0.2, -0.15) is 0 Å². The first-order valence-electron chi connectivity index (χ1n) is 5.83. The molecule has 1 atom stereocenters. The summed E-state index contributed by atoms with van der Waals surface area (Å²) >= 11 is 0. The van der Waals surface area contributed by atoms with E-state index in [9.17, 15) is 9.59 Å². The summed E-state index contributed by atoms with van der Waals surface area (Å²) in [7, 11) is 0. The number of hydrogen-bond acceptors (Lipinski definition) is 3. The Labute approximate surface area is 106 Å². The molecule has 5 heteroatoms. The van der Waals surface area contributed by atoms with E-state index in [4.69, 9.17) is 10.8 Å². The van der Waals surface area contributed by atoms with E-state index in [1.54, 1.807) is 19.1 Å². The maximum absolute atomic E-state index is 11.5. The number of aliphatic carboxylic acids is 1. The molecule has 0 aliphatic heterocycles. The lowest BCUT2D eigenvalue weighted by molar-refractivity contribution is -0.141. The van der Waals surface area contributed by atoms with E-state index in [0.29, 0.717) is 18.5 Å². The summed E-state index contributed by atoms with van der Waals surface area (Å²) in [5, 5.41) is 11.3. The zero-order valence-electron chi connectivity index (χ0n) is 10.3. The predicted octanol–water partition coefficient (Wildman–Crippen LogP) is 1.04. The summed E-state index contributed by atoms with van der Waals surface area (Å²) < 4.78 is 0. The number of nitrogen functional groups attached to an aromatic ring is 1. The molecule has 0 radical (unpaired) electrons. The second-order valence-electron chi connectivity index (χ2n) is 4.28. The Hall–Kier alpha value is -2.04. The van der Waals surface area contributed by atoms with Gasteiger partial charge in [-0.3, -0.25) is 9.59 Å². The minimum absolute atomic E-state index is 0.139. The molecular weight excluding hydrogens is 232 g/mol. The molecule has 4 N–H and O–H groups in total. The first-order chi connectivity index (χ1) is 8.49. The van der Waals surface area contributed by atoms with Gasteiger partial charge in [0.15, 0.2) is 0 Å². The lowest BCUT2D eigenvalue weighted by Gasteiger charge is -2.08. The van der Waals surface area contributed by atoms with Crippen molar-refractivity contribution < 1.29 is 14.7 Å². The first-order valence-corrected chi connectivity index (χ1v) is 5.83. The van der Waals surface area contributed by atoms with Crippen LogP contribution in [0.4, 0.5) is 5.69 Å². The zero-order chi connectivity index (χ0) is 13.5. The number of carboxylic acids is 1. The van der Waals surface area contributed by atoms with Crippen LogP contribution in [-0.4, -0.2) is 23.5 Å². The molecule has 5 nitrogen and oxygen atoms in total. The van der Waals surface area contributed by atoms with Crippen molar-refractivity contribution in [1.82, 2.24) is 5.32 Å². The second-order valence-corrected chi connectivity index (χ2v) is 4.28. The molecule has 0 aromatic heterocycles. The number of anilines is 1. The van der Waals surface area contributed by atoms with Gasteiger partial charge in [-0.25, -0.2) is 0 Å². The van der Waals surface area contributed by atoms with Crippen LogP contribution in [0.5, 0.6) is 0 Å². The number of carbonyl (C=O) groups is 2. The van der Waals surface area contributed by atoms with Crippen molar-refractivity contribution in [3.63, 3.8) is 0 Å². The number of hydrogen-bond donors (Lipinski definition) is 3. The normalized spacial score (nSPS) is 11.8. The molecular formula is C13H18N2O3. The molecule has 0 spiro atoms. The van der Waals surface area contributed by atoms with E-state index in [2.05, 4.69) is 5.32 Å². The third-order valence-electron chi connectivity index (χ3n) is 2.65. The number of carboxylic acid groups (broad SMARTS) is 1. The number of amides is 1. The topological polar surface area (TPSA) is 92.4 Å². The van der Waals surface area contributed by atoms with Crippen molar-refractivity contribution in [3.05, 3.63) is 29.8 Å². The van der Waals surface area contributed by atoms with Crippen LogP contribution in [0.25, 0.3) is 0 Å². The minimum atomic E-state index is -0.908. The predicted molar refractivity (Wildman–Crippen MR) is 69.0 cm³/mol. The lowest BCUT2D eigenvalue weighted by atomic mass is 10.1. The highest BCUT2D eigenvalue weighted by molar-refractivity contribution is 5.77. The van der Waals surface area contributed by atoms with Gasteiger partial charge in [-0.15, -0.1) is 0 Å². The van der Waals surface area contributed by atoms with Crippen LogP contribution in [0.1, 0.15) is 18.9 Å². The minimum Gasteiger partial charge on any atom is -0.481 e. The van der Waals surface area contributed by atoms with E-state index >= 15 is 0 Å². The average molecular weight is 250 g/mol. The quantitative estimate of drug-likeness (QED) is 0.658. The smallest absolute Gasteiger partial charge is 0.308 e. The third kappa shape index (κ3) is 4.86. The van der Waals surface area contributed by atoms with Crippen LogP contribution in [0.3, 0.4) is 0 Å². The fourth-order valence-corrected chi connectivity index (χ4v) is 1.38. The molecule has 1 rings (SSSR count). The van der Waals surface area contributed by atoms with Gasteiger partial charge in [0.05, 0.1) is 5.92 Å². The molecule has 0 fully saturated rings. The van der Waals surface area contributed by atoms with Crippen molar-refractivity contribution >= 4 is 17.6 Å². The van der Waals surface area contributed by atoms with E-state index in [0.717, 1.165) is 5.56 Å². The van der Waals surface area contributed by atoms with Crippen LogP contribution in [-0.2, 0) is 16.0 Å². The standard InChI is InChI=1S/C13H18N2O3/c1-9(13(17)18)8-15-12(16)7-4-10-2-5-11(14)6-3-10/h2-3,5-6,9H,4,7-8,14H2,1H3,(H,15,16)(H,17,18). The number of rotatable bonds is 6. The van der Waals surface area contributed by atoms with Gasteiger partial charge >= 0.3 is 5.97 Å². The van der Waals surface area contributed by atoms with E-state index in [-0.39, 0.29) is 12.5 Å². The van der Waals surface area contributed by atoms with Crippen LogP contribution >= 0.6 is 0 Å². The molecule has 0 saturated carbocycles. The number of aryl methyl sites for hydroxylation is 1. The van der Waals surface area contributed by atoms with Gasteiger partial charge in [-0.05, 0) is 24.1 Å². The maximum atomic E-state index is 11.5. The molecule has 1 aromatic carbocycles. The molecule has 18 heavy (non-hydrogen) atoms. The van der Waals surface area contributed by atoms with Crippen molar-refractivity contribution in [3.8, 4) is 0 Å². The Morgan fingerprint density at radius 2 is 1.94 bits per heavy atom. The molecule has 0 aliphatic carbocycles. The summed E-state index contributed by atoms with van der Waals surface area (Å²) in [5.74, 6) is -1.61. The Morgan fingerprint density at radius 3 is 2.50 bits per heavy atom. The second kappa shape index (κ2) is 6.64. The van der Waals surface area contributed by atoms with Gasteiger partial charge in [-0.1, -0.05) is 19.1 Å². The molecule has 0 aliphatic rings. The van der Waals surface area contributed by atoms with Gasteiger partial charge in [0, 0.05) is 18.7 Å². The van der Waals surface area contributed by atoms with Crippen LogP contribution in [0.2, 0.25) is 0 Å². The molecule has 0 heterocycles. The van der Waals surface area contributed by atoms with Gasteiger partial charge in [0.1, 0.15) is 0 Å². The summed E-state index contributed by atoms with van der Waals surface area (Å²) in [4.78, 5) is 22.0. The number of nitrogens with two attached hydrogens (primary N) is 1. The zero-order valence-corrected chi connectivity index (χ0v) is 10.3. The van der Waals surface area contributed by atoms with Crippen molar-refractivity contribution in [1.29, 1.82) is 0 Å². The highest BCUT2D eigenvalue weighted by Crippen LogP contribution is 2.07. The van der Waals surface area contributed by atoms with E-state index < -0.39 is 11.9 Å². The maximum Gasteiger partial charge on any atom is 0.308 e. The largest absolute Gasteiger partial charge is 0.481 e. The Kier molecular flexibility index (Phi) is 5.17. The SMILES string of the molecule is CC(CNC(=O)CCc1ccc(N)cc1)C(=O)O. The van der Waals surface area contributed by atoms with Crippen LogP contribution in [0.15, 0.2) is 24.3 Å². The fraction of sp³-hybridized carbons (Fsp3) is 0.385. The summed E-state index contributed by atoms with van der Waals surface area (Å²) in [6.45, 7) is 1.72. The number of carbonyl (C=O) groups excluding carboxylic acids is 1.